The van der Waals surface area contributed by atoms with E-state index in [-0.39, 0.29) is 6.04 Å². The fraction of sp³-hybridized carbons (Fsp3) is 0.429. The monoisotopic (exact) mass is 426 g/mol. The zero-order valence-corrected chi connectivity index (χ0v) is 17.7. The highest BCUT2D eigenvalue weighted by Crippen LogP contribution is 2.39. The molecule has 1 N–H and O–H groups in total. The number of piperidine rings is 1. The molecule has 27 heavy (non-hydrogen) atoms. The number of hydrogen-bond acceptors (Lipinski definition) is 3. The third-order valence-corrected chi connectivity index (χ3v) is 5.82. The number of hydrogen-bond donors (Lipinski definition) is 1. The molecule has 146 valence electrons. The zero-order valence-electron chi connectivity index (χ0n) is 15.4. The molecule has 0 saturated carbocycles. The Morgan fingerprint density at radius 2 is 1.81 bits per heavy atom. The second kappa shape index (κ2) is 9.99. The van der Waals surface area contributed by atoms with Crippen LogP contribution in [-0.2, 0) is 4.74 Å². The van der Waals surface area contributed by atoms with E-state index in [0.29, 0.717) is 16.1 Å². The van der Waals surface area contributed by atoms with Crippen molar-refractivity contribution in [2.45, 2.75) is 31.3 Å². The number of benzene rings is 2. The average Bonchev–Trinajstić information content (AvgIpc) is 2.66. The molecule has 2 unspecified atom stereocenters. The standard InChI is InChI=1S/C21H25Cl3N2O/c1-27-12-2-10-25-18-9-11-26(20-8-7-17(23)13-19(20)24)21(14-18)15-3-5-16(22)6-4-15/h3-8,13,18,21,25H,2,9-12,14H2,1H3. The van der Waals surface area contributed by atoms with Gasteiger partial charge in [-0.05, 0) is 61.7 Å². The molecule has 3 nitrogen and oxygen atoms in total. The van der Waals surface area contributed by atoms with Crippen LogP contribution in [0.5, 0.6) is 0 Å². The SMILES string of the molecule is COCCCNC1CCN(c2ccc(Cl)cc2Cl)C(c2ccc(Cl)cc2)C1. The maximum absolute atomic E-state index is 6.52. The summed E-state index contributed by atoms with van der Waals surface area (Å²) >= 11 is 18.7. The lowest BCUT2D eigenvalue weighted by Gasteiger charge is -2.42. The number of rotatable bonds is 7. The fourth-order valence-electron chi connectivity index (χ4n) is 3.68. The molecular weight excluding hydrogens is 403 g/mol. The van der Waals surface area contributed by atoms with Gasteiger partial charge in [-0.1, -0.05) is 46.9 Å². The van der Waals surface area contributed by atoms with Crippen molar-refractivity contribution in [2.24, 2.45) is 0 Å². The predicted octanol–water partition coefficient (Wildman–Crippen LogP) is 5.98. The first-order valence-electron chi connectivity index (χ1n) is 9.28. The molecule has 0 aromatic heterocycles. The number of methoxy groups -OCH3 is 1. The molecule has 1 aliphatic rings. The lowest BCUT2D eigenvalue weighted by atomic mass is 9.91. The lowest BCUT2D eigenvalue weighted by Crippen LogP contribution is -2.45. The van der Waals surface area contributed by atoms with Gasteiger partial charge < -0.3 is 15.0 Å². The van der Waals surface area contributed by atoms with Crippen molar-refractivity contribution in [3.63, 3.8) is 0 Å². The summed E-state index contributed by atoms with van der Waals surface area (Å²) in [4.78, 5) is 2.38. The summed E-state index contributed by atoms with van der Waals surface area (Å²) in [5.41, 5.74) is 2.27. The zero-order chi connectivity index (χ0) is 19.2. The Labute approximate surface area is 176 Å². The third kappa shape index (κ3) is 5.52. The van der Waals surface area contributed by atoms with Crippen molar-refractivity contribution >= 4 is 40.5 Å². The van der Waals surface area contributed by atoms with Gasteiger partial charge in [0.1, 0.15) is 0 Å². The first kappa shape index (κ1) is 20.8. The van der Waals surface area contributed by atoms with E-state index in [1.165, 1.54) is 5.56 Å². The van der Waals surface area contributed by atoms with Crippen molar-refractivity contribution < 1.29 is 4.74 Å². The van der Waals surface area contributed by atoms with Gasteiger partial charge in [-0.3, -0.25) is 0 Å². The van der Waals surface area contributed by atoms with Gasteiger partial charge in [0.15, 0.2) is 0 Å². The molecular formula is C21H25Cl3N2O. The second-order valence-corrected chi connectivity index (χ2v) is 8.16. The van der Waals surface area contributed by atoms with Gasteiger partial charge in [0.2, 0.25) is 0 Å². The average molecular weight is 428 g/mol. The molecule has 6 heteroatoms. The summed E-state index contributed by atoms with van der Waals surface area (Å²) < 4.78 is 5.14. The molecule has 2 aromatic carbocycles. The molecule has 2 aromatic rings. The molecule has 1 saturated heterocycles. The molecule has 0 amide bonds. The van der Waals surface area contributed by atoms with Gasteiger partial charge in [-0.2, -0.15) is 0 Å². The van der Waals surface area contributed by atoms with Crippen LogP contribution in [0.3, 0.4) is 0 Å². The van der Waals surface area contributed by atoms with E-state index in [2.05, 4.69) is 22.3 Å². The molecule has 1 aliphatic heterocycles. The Balaban J connectivity index is 1.80. The highest BCUT2D eigenvalue weighted by molar-refractivity contribution is 6.36. The highest BCUT2D eigenvalue weighted by Gasteiger charge is 2.30. The second-order valence-electron chi connectivity index (χ2n) is 6.88. The smallest absolute Gasteiger partial charge is 0.0654 e. The van der Waals surface area contributed by atoms with Crippen molar-refractivity contribution in [1.82, 2.24) is 5.32 Å². The number of ether oxygens (including phenoxy) is 1. The molecule has 0 spiro atoms. The van der Waals surface area contributed by atoms with E-state index < -0.39 is 0 Å². The van der Waals surface area contributed by atoms with Gasteiger partial charge in [-0.15, -0.1) is 0 Å². The minimum Gasteiger partial charge on any atom is -0.385 e. The topological polar surface area (TPSA) is 24.5 Å². The number of halogens is 3. The quantitative estimate of drug-likeness (QED) is 0.550. The Morgan fingerprint density at radius 1 is 1.07 bits per heavy atom. The molecule has 0 radical (unpaired) electrons. The van der Waals surface area contributed by atoms with Crippen molar-refractivity contribution in [2.75, 3.05) is 31.7 Å². The van der Waals surface area contributed by atoms with Crippen molar-refractivity contribution in [1.29, 1.82) is 0 Å². The van der Waals surface area contributed by atoms with Gasteiger partial charge >= 0.3 is 0 Å². The van der Waals surface area contributed by atoms with E-state index in [4.69, 9.17) is 39.5 Å². The molecule has 1 heterocycles. The minimum absolute atomic E-state index is 0.231. The maximum Gasteiger partial charge on any atom is 0.0654 e. The van der Waals surface area contributed by atoms with Crippen LogP contribution in [0.1, 0.15) is 30.9 Å². The van der Waals surface area contributed by atoms with Crippen LogP contribution in [0.15, 0.2) is 42.5 Å². The van der Waals surface area contributed by atoms with Crippen LogP contribution < -0.4 is 10.2 Å². The number of nitrogens with one attached hydrogen (secondary N) is 1. The first-order chi connectivity index (χ1) is 13.1. The molecule has 3 rings (SSSR count). The normalized spacial score (nSPS) is 20.1. The molecule has 0 aliphatic carbocycles. The summed E-state index contributed by atoms with van der Waals surface area (Å²) in [5.74, 6) is 0. The summed E-state index contributed by atoms with van der Waals surface area (Å²) in [5, 5.41) is 5.77. The predicted molar refractivity (Wildman–Crippen MR) is 116 cm³/mol. The van der Waals surface area contributed by atoms with Crippen LogP contribution in [0, 0.1) is 0 Å². The van der Waals surface area contributed by atoms with Gasteiger partial charge in [0.25, 0.3) is 0 Å². The van der Waals surface area contributed by atoms with E-state index in [9.17, 15) is 0 Å². The van der Waals surface area contributed by atoms with Crippen LogP contribution >= 0.6 is 34.8 Å². The Hall–Kier alpha value is -0.970. The summed E-state index contributed by atoms with van der Waals surface area (Å²) in [6.07, 6.45) is 3.09. The van der Waals surface area contributed by atoms with E-state index in [1.54, 1.807) is 7.11 Å². The maximum atomic E-state index is 6.52. The van der Waals surface area contributed by atoms with Crippen LogP contribution in [0.2, 0.25) is 15.1 Å². The Kier molecular flexibility index (Phi) is 7.68. The number of anilines is 1. The van der Waals surface area contributed by atoms with Crippen molar-refractivity contribution in [3.05, 3.63) is 63.1 Å². The molecule has 0 bridgehead atoms. The Bertz CT molecular complexity index is 739. The summed E-state index contributed by atoms with van der Waals surface area (Å²) in [6.45, 7) is 2.68. The lowest BCUT2D eigenvalue weighted by molar-refractivity contribution is 0.192. The summed E-state index contributed by atoms with van der Waals surface area (Å²) in [7, 11) is 1.74. The fourth-order valence-corrected chi connectivity index (χ4v) is 4.32. The minimum atomic E-state index is 0.231. The Morgan fingerprint density at radius 3 is 2.52 bits per heavy atom. The van der Waals surface area contributed by atoms with Gasteiger partial charge in [0.05, 0.1) is 16.8 Å². The third-order valence-electron chi connectivity index (χ3n) is 5.03. The number of nitrogens with zero attached hydrogens (tertiary/aromatic N) is 1. The summed E-state index contributed by atoms with van der Waals surface area (Å²) in [6, 6.07) is 14.5. The van der Waals surface area contributed by atoms with E-state index in [0.717, 1.165) is 49.7 Å². The van der Waals surface area contributed by atoms with E-state index >= 15 is 0 Å². The van der Waals surface area contributed by atoms with Crippen LogP contribution in [0.4, 0.5) is 5.69 Å². The van der Waals surface area contributed by atoms with Crippen molar-refractivity contribution in [3.8, 4) is 0 Å². The largest absolute Gasteiger partial charge is 0.385 e. The highest BCUT2D eigenvalue weighted by atomic mass is 35.5. The van der Waals surface area contributed by atoms with Crippen LogP contribution in [0.25, 0.3) is 0 Å². The molecule has 2 atom stereocenters. The molecule has 1 fully saturated rings. The van der Waals surface area contributed by atoms with Gasteiger partial charge in [-0.25, -0.2) is 0 Å². The van der Waals surface area contributed by atoms with Crippen LogP contribution in [-0.4, -0.2) is 32.8 Å². The first-order valence-corrected chi connectivity index (χ1v) is 10.4. The van der Waals surface area contributed by atoms with E-state index in [1.807, 2.05) is 30.3 Å². The van der Waals surface area contributed by atoms with Gasteiger partial charge in [0, 0.05) is 36.3 Å².